The molecule has 1 aromatic heterocycles. The van der Waals surface area contributed by atoms with Gasteiger partial charge in [-0.25, -0.2) is 0 Å². The SMILES string of the molecule is CC1(C)C=Cc2c(cc3c4c(nn3CCN3CCCC3)-c3ccccc3Oc24)O1. The van der Waals surface area contributed by atoms with Gasteiger partial charge in [0.2, 0.25) is 0 Å². The average Bonchev–Trinajstić information content (AvgIpc) is 3.34. The van der Waals surface area contributed by atoms with E-state index in [0.717, 1.165) is 58.1 Å². The highest BCUT2D eigenvalue weighted by molar-refractivity contribution is 6.04. The first-order valence-corrected chi connectivity index (χ1v) is 10.5. The van der Waals surface area contributed by atoms with Gasteiger partial charge in [0, 0.05) is 18.2 Å². The molecule has 3 aliphatic heterocycles. The van der Waals surface area contributed by atoms with Crippen LogP contribution >= 0.6 is 0 Å². The third-order valence-corrected chi connectivity index (χ3v) is 6.20. The van der Waals surface area contributed by atoms with Gasteiger partial charge in [-0.15, -0.1) is 0 Å². The van der Waals surface area contributed by atoms with Crippen LogP contribution in [0.5, 0.6) is 17.2 Å². The molecule has 0 radical (unpaired) electrons. The highest BCUT2D eigenvalue weighted by Crippen LogP contribution is 2.51. The molecule has 1 fully saturated rings. The van der Waals surface area contributed by atoms with Crippen molar-refractivity contribution in [2.24, 2.45) is 0 Å². The van der Waals surface area contributed by atoms with Crippen LogP contribution in [-0.2, 0) is 6.54 Å². The molecule has 6 rings (SSSR count). The van der Waals surface area contributed by atoms with Crippen LogP contribution in [0.25, 0.3) is 28.2 Å². The van der Waals surface area contributed by atoms with E-state index < -0.39 is 0 Å². The lowest BCUT2D eigenvalue weighted by Gasteiger charge is -2.30. The van der Waals surface area contributed by atoms with E-state index in [1.54, 1.807) is 0 Å². The van der Waals surface area contributed by atoms with Gasteiger partial charge in [-0.3, -0.25) is 4.68 Å². The van der Waals surface area contributed by atoms with Gasteiger partial charge in [0.25, 0.3) is 0 Å². The molecule has 29 heavy (non-hydrogen) atoms. The van der Waals surface area contributed by atoms with Crippen molar-refractivity contribution in [3.05, 3.63) is 42.0 Å². The summed E-state index contributed by atoms with van der Waals surface area (Å²) in [5, 5.41) is 6.15. The van der Waals surface area contributed by atoms with Crippen LogP contribution in [0.2, 0.25) is 0 Å². The van der Waals surface area contributed by atoms with Gasteiger partial charge in [0.1, 0.15) is 28.5 Å². The van der Waals surface area contributed by atoms with Crippen LogP contribution in [0.15, 0.2) is 36.4 Å². The topological polar surface area (TPSA) is 39.5 Å². The first-order chi connectivity index (χ1) is 14.1. The van der Waals surface area contributed by atoms with Gasteiger partial charge in [0.05, 0.1) is 23.0 Å². The van der Waals surface area contributed by atoms with Crippen LogP contribution in [0.4, 0.5) is 0 Å². The molecule has 5 heteroatoms. The van der Waals surface area contributed by atoms with E-state index in [1.165, 1.54) is 25.9 Å². The third kappa shape index (κ3) is 2.68. The zero-order valence-corrected chi connectivity index (χ0v) is 16.9. The quantitative estimate of drug-likeness (QED) is 0.491. The largest absolute Gasteiger partial charge is 0.483 e. The van der Waals surface area contributed by atoms with Gasteiger partial charge < -0.3 is 14.4 Å². The summed E-state index contributed by atoms with van der Waals surface area (Å²) in [6.45, 7) is 8.44. The first-order valence-electron chi connectivity index (χ1n) is 10.5. The van der Waals surface area contributed by atoms with Crippen molar-refractivity contribution in [1.29, 1.82) is 0 Å². The lowest BCUT2D eigenvalue weighted by atomic mass is 9.96. The fourth-order valence-corrected chi connectivity index (χ4v) is 4.71. The maximum atomic E-state index is 6.41. The summed E-state index contributed by atoms with van der Waals surface area (Å²) in [5.74, 6) is 2.59. The second-order valence-corrected chi connectivity index (χ2v) is 8.77. The number of benzene rings is 2. The molecule has 0 atom stereocenters. The molecule has 2 aromatic carbocycles. The summed E-state index contributed by atoms with van der Waals surface area (Å²) < 4.78 is 14.9. The lowest BCUT2D eigenvalue weighted by Crippen LogP contribution is -2.27. The van der Waals surface area contributed by atoms with Gasteiger partial charge in [-0.2, -0.15) is 5.10 Å². The monoisotopic (exact) mass is 387 g/mol. The number of aromatic nitrogens is 2. The van der Waals surface area contributed by atoms with Crippen LogP contribution < -0.4 is 9.47 Å². The van der Waals surface area contributed by atoms with Gasteiger partial charge in [-0.1, -0.05) is 12.1 Å². The Bertz CT molecular complexity index is 1150. The molecule has 3 aromatic rings. The number of nitrogens with zero attached hydrogens (tertiary/aromatic N) is 3. The standard InChI is InChI=1S/C24H25N3O2/c1-24(2)10-9-17-20(29-24)15-18-21-22(16-7-3-4-8-19(16)28-23(17)21)25-27(18)14-13-26-11-5-6-12-26/h3-4,7-10,15H,5-6,11-14H2,1-2H3. The molecule has 5 nitrogen and oxygen atoms in total. The van der Waals surface area contributed by atoms with Crippen molar-refractivity contribution < 1.29 is 9.47 Å². The van der Waals surface area contributed by atoms with Crippen molar-refractivity contribution in [1.82, 2.24) is 14.7 Å². The molecule has 0 N–H and O–H groups in total. The number of ether oxygens (including phenoxy) is 2. The Morgan fingerprint density at radius 1 is 1.07 bits per heavy atom. The van der Waals surface area contributed by atoms with Crippen molar-refractivity contribution in [2.75, 3.05) is 19.6 Å². The average molecular weight is 387 g/mol. The molecular formula is C24H25N3O2. The summed E-state index contributed by atoms with van der Waals surface area (Å²) in [6, 6.07) is 10.3. The highest BCUT2D eigenvalue weighted by atomic mass is 16.5. The Balaban J connectivity index is 1.54. The number of hydrogen-bond donors (Lipinski definition) is 0. The molecular weight excluding hydrogens is 362 g/mol. The van der Waals surface area contributed by atoms with Gasteiger partial charge in [-0.05, 0) is 64.1 Å². The summed E-state index contributed by atoms with van der Waals surface area (Å²) >= 11 is 0. The molecule has 0 aliphatic carbocycles. The van der Waals surface area contributed by atoms with Crippen molar-refractivity contribution >= 4 is 17.0 Å². The Morgan fingerprint density at radius 2 is 1.90 bits per heavy atom. The Morgan fingerprint density at radius 3 is 2.76 bits per heavy atom. The smallest absolute Gasteiger partial charge is 0.150 e. The minimum Gasteiger partial charge on any atom is -0.483 e. The number of fused-ring (bicyclic) bond motifs is 4. The second-order valence-electron chi connectivity index (χ2n) is 8.77. The molecule has 1 saturated heterocycles. The Hall–Kier alpha value is -2.79. The highest BCUT2D eigenvalue weighted by Gasteiger charge is 2.32. The number of hydrogen-bond acceptors (Lipinski definition) is 4. The Labute approximate surface area is 170 Å². The van der Waals surface area contributed by atoms with Crippen molar-refractivity contribution in [3.8, 4) is 28.5 Å². The van der Waals surface area contributed by atoms with Crippen LogP contribution in [0, 0.1) is 0 Å². The zero-order valence-electron chi connectivity index (χ0n) is 16.9. The molecule has 3 aliphatic rings. The van der Waals surface area contributed by atoms with E-state index in [4.69, 9.17) is 14.6 Å². The van der Waals surface area contributed by atoms with Gasteiger partial charge in [0.15, 0.2) is 0 Å². The van der Waals surface area contributed by atoms with Crippen molar-refractivity contribution in [3.63, 3.8) is 0 Å². The minimum atomic E-state index is -0.330. The maximum Gasteiger partial charge on any atom is 0.150 e. The molecule has 0 unspecified atom stereocenters. The van der Waals surface area contributed by atoms with E-state index in [-0.39, 0.29) is 5.60 Å². The predicted molar refractivity (Wildman–Crippen MR) is 115 cm³/mol. The molecule has 0 spiro atoms. The fraction of sp³-hybridized carbons (Fsp3) is 0.375. The summed E-state index contributed by atoms with van der Waals surface area (Å²) in [6.07, 6.45) is 6.84. The minimum absolute atomic E-state index is 0.330. The molecule has 0 saturated carbocycles. The van der Waals surface area contributed by atoms with E-state index >= 15 is 0 Å². The number of rotatable bonds is 3. The van der Waals surface area contributed by atoms with Gasteiger partial charge >= 0.3 is 0 Å². The lowest BCUT2D eigenvalue weighted by molar-refractivity contribution is 0.158. The summed E-state index contributed by atoms with van der Waals surface area (Å²) in [4.78, 5) is 2.53. The normalized spacial score (nSPS) is 19.0. The summed E-state index contributed by atoms with van der Waals surface area (Å²) in [7, 11) is 0. The van der Waals surface area contributed by atoms with Crippen LogP contribution in [-0.4, -0.2) is 39.9 Å². The van der Waals surface area contributed by atoms with E-state index in [9.17, 15) is 0 Å². The van der Waals surface area contributed by atoms with E-state index in [0.29, 0.717) is 0 Å². The number of para-hydroxylation sites is 1. The fourth-order valence-electron chi connectivity index (χ4n) is 4.71. The maximum absolute atomic E-state index is 6.41. The molecule has 0 amide bonds. The second kappa shape index (κ2) is 6.10. The molecule has 4 heterocycles. The van der Waals surface area contributed by atoms with Crippen LogP contribution in [0.1, 0.15) is 32.3 Å². The van der Waals surface area contributed by atoms with E-state index in [1.807, 2.05) is 18.2 Å². The third-order valence-electron chi connectivity index (χ3n) is 6.20. The summed E-state index contributed by atoms with van der Waals surface area (Å²) in [5.41, 5.74) is 3.84. The van der Waals surface area contributed by atoms with Crippen molar-refractivity contribution in [2.45, 2.75) is 38.8 Å². The predicted octanol–water partition coefficient (Wildman–Crippen LogP) is 5.09. The first kappa shape index (κ1) is 17.1. The molecule has 0 bridgehead atoms. The Kier molecular flexibility index (Phi) is 3.60. The van der Waals surface area contributed by atoms with E-state index in [2.05, 4.69) is 47.7 Å². The zero-order chi connectivity index (χ0) is 19.6. The number of likely N-dealkylation sites (tertiary alicyclic amines) is 1. The van der Waals surface area contributed by atoms with Crippen LogP contribution in [0.3, 0.4) is 0 Å². The molecule has 148 valence electrons.